The highest BCUT2D eigenvalue weighted by Gasteiger charge is 2.48. The lowest BCUT2D eigenvalue weighted by molar-refractivity contribution is -0.103. The van der Waals surface area contributed by atoms with Crippen molar-refractivity contribution in [2.45, 2.75) is 95.5 Å². The van der Waals surface area contributed by atoms with E-state index in [1.54, 1.807) is 25.1 Å². The van der Waals surface area contributed by atoms with Crippen molar-refractivity contribution in [2.75, 3.05) is 37.6 Å². The van der Waals surface area contributed by atoms with Gasteiger partial charge in [0, 0.05) is 30.2 Å². The van der Waals surface area contributed by atoms with Crippen LogP contribution in [0.3, 0.4) is 0 Å². The van der Waals surface area contributed by atoms with E-state index in [2.05, 4.69) is 14.5 Å². The number of β-amino-alcohol motifs (C(OH)–C–C–N with tert-alkyl or cyclic N) is 1. The maximum absolute atomic E-state index is 13.5. The number of rotatable bonds is 2. The number of aryl methyl sites for hydroxylation is 1. The van der Waals surface area contributed by atoms with Gasteiger partial charge in [0.15, 0.2) is 0 Å². The zero-order chi connectivity index (χ0) is 32.5. The molecule has 2 fully saturated rings. The van der Waals surface area contributed by atoms with E-state index >= 15 is 0 Å². The van der Waals surface area contributed by atoms with Crippen LogP contribution in [-0.4, -0.2) is 67.9 Å². The number of nitrogens with one attached hydrogen (secondary N) is 1. The molecule has 1 saturated carbocycles. The van der Waals surface area contributed by atoms with Gasteiger partial charge in [0.25, 0.3) is 5.91 Å². The molecule has 0 spiro atoms. The molecule has 8 nitrogen and oxygen atoms in total. The maximum Gasteiger partial charge on any atom is 0.264 e. The van der Waals surface area contributed by atoms with Crippen LogP contribution in [0.1, 0.15) is 93.1 Å². The van der Waals surface area contributed by atoms with Gasteiger partial charge in [-0.25, -0.2) is 13.1 Å². The monoisotopic (exact) mass is 671 g/mol. The Morgan fingerprint density at radius 3 is 2.52 bits per heavy atom. The van der Waals surface area contributed by atoms with Crippen LogP contribution in [0.15, 0.2) is 36.4 Å². The van der Waals surface area contributed by atoms with E-state index < -0.39 is 26.8 Å². The number of carbonyl (C=O) groups is 1. The molecule has 252 valence electrons. The van der Waals surface area contributed by atoms with Crippen molar-refractivity contribution in [3.63, 3.8) is 0 Å². The number of likely N-dealkylation sites (tertiary alicyclic amines) is 1. The van der Waals surface area contributed by atoms with Crippen molar-refractivity contribution in [1.29, 1.82) is 0 Å². The minimum atomic E-state index is -3.92. The highest BCUT2D eigenvalue weighted by molar-refractivity contribution is 7.90. The Kier molecular flexibility index (Phi) is 10.2. The molecule has 3 heterocycles. The largest absolute Gasteiger partial charge is 0.487 e. The first-order chi connectivity index (χ1) is 22.0. The molecule has 3 aliphatic heterocycles. The Bertz CT molecular complexity index is 1510. The van der Waals surface area contributed by atoms with Gasteiger partial charge in [-0.15, -0.1) is 0 Å². The van der Waals surface area contributed by atoms with Crippen LogP contribution >= 0.6 is 11.6 Å². The first kappa shape index (κ1) is 33.6. The number of ether oxygens (including phenoxy) is 1. The second-order valence-electron chi connectivity index (χ2n) is 14.4. The molecule has 5 atom stereocenters. The molecule has 2 bridgehead atoms. The molecule has 46 heavy (non-hydrogen) atoms. The number of hydrogen-bond donors (Lipinski definition) is 2. The second-order valence-corrected chi connectivity index (χ2v) is 16.8. The Balaban J connectivity index is 1.38. The van der Waals surface area contributed by atoms with Gasteiger partial charge in [0.05, 0.1) is 16.5 Å². The third kappa shape index (κ3) is 7.38. The van der Waals surface area contributed by atoms with E-state index in [1.165, 1.54) is 18.4 Å². The van der Waals surface area contributed by atoms with Crippen LogP contribution in [0.2, 0.25) is 5.02 Å². The Hall–Kier alpha value is -2.33. The van der Waals surface area contributed by atoms with E-state index in [0.29, 0.717) is 48.2 Å². The molecule has 1 aliphatic carbocycles. The second kappa shape index (κ2) is 14.0. The molecule has 6 rings (SSSR count). The smallest absolute Gasteiger partial charge is 0.264 e. The Morgan fingerprint density at radius 1 is 0.978 bits per heavy atom. The van der Waals surface area contributed by atoms with Crippen molar-refractivity contribution >= 4 is 33.2 Å². The lowest BCUT2D eigenvalue weighted by Crippen LogP contribution is -2.56. The maximum atomic E-state index is 13.5. The summed E-state index contributed by atoms with van der Waals surface area (Å²) in [7, 11) is -3.92. The number of hydrogen-bond acceptors (Lipinski definition) is 7. The zero-order valence-electron chi connectivity index (χ0n) is 27.3. The van der Waals surface area contributed by atoms with Crippen molar-refractivity contribution in [3.05, 3.63) is 58.1 Å². The summed E-state index contributed by atoms with van der Waals surface area (Å²) in [5.74, 6) is 0.348. The normalized spacial score (nSPS) is 31.0. The first-order valence-corrected chi connectivity index (χ1v) is 19.2. The van der Waals surface area contributed by atoms with E-state index in [1.807, 2.05) is 25.1 Å². The van der Waals surface area contributed by atoms with Gasteiger partial charge >= 0.3 is 0 Å². The first-order valence-electron chi connectivity index (χ1n) is 17.3. The van der Waals surface area contributed by atoms with Crippen LogP contribution in [0.5, 0.6) is 5.75 Å². The fourth-order valence-corrected chi connectivity index (χ4v) is 9.62. The van der Waals surface area contributed by atoms with Crippen molar-refractivity contribution in [3.8, 4) is 5.75 Å². The molecule has 0 radical (unpaired) electrons. The van der Waals surface area contributed by atoms with Gasteiger partial charge in [-0.3, -0.25) is 4.79 Å². The van der Waals surface area contributed by atoms with Gasteiger partial charge in [0.2, 0.25) is 10.0 Å². The van der Waals surface area contributed by atoms with E-state index in [4.69, 9.17) is 16.3 Å². The number of amides is 1. The minimum absolute atomic E-state index is 0.165. The summed E-state index contributed by atoms with van der Waals surface area (Å²) in [5, 5.41) is 12.4. The number of sulfonamides is 1. The summed E-state index contributed by atoms with van der Waals surface area (Å²) in [6.07, 6.45) is 9.25. The van der Waals surface area contributed by atoms with E-state index in [-0.39, 0.29) is 11.8 Å². The number of fused-ring (bicyclic) bond motifs is 3. The molecule has 2 aromatic carbocycles. The quantitative estimate of drug-likeness (QED) is 0.393. The lowest BCUT2D eigenvalue weighted by atomic mass is 9.62. The lowest BCUT2D eigenvalue weighted by Gasteiger charge is -2.50. The highest BCUT2D eigenvalue weighted by Crippen LogP contribution is 2.46. The molecule has 4 aliphatic rings. The standard InChI is InChI=1S/C36H50ClN3O5S/c1-25-8-7-16-36(42,24-39-17-5-6-18-39)32-14-11-29(32)22-40-19-4-3-9-27-20-31(37)13-10-30(27)23-45-34-15-12-28(21-33(34)40)35(41)38-46(43,44)26(25)2/h10,12-13,15,20-21,25-26,29,32,42H,3-9,11,14,16-19,22-24H2,1-2H3,(H,38,41)/t25-,26+,29-,32+,36-/m0/s1. The van der Waals surface area contributed by atoms with Crippen LogP contribution in [0.4, 0.5) is 5.69 Å². The molecular formula is C36H50ClN3O5S. The molecule has 0 aromatic heterocycles. The number of carbonyl (C=O) groups excluding carboxylic acids is 1. The SMILES string of the molecule is C[C@@H]1[C@@H](C)CCC[C@](O)(CN2CCCC2)[C@@H]2CC[C@H]2CN2CCCCc3cc(Cl)ccc3COc3ccc(cc32)C(=O)NS1(=O)=O. The average Bonchev–Trinajstić information content (AvgIpc) is 3.50. The van der Waals surface area contributed by atoms with Gasteiger partial charge in [-0.1, -0.05) is 31.0 Å². The van der Waals surface area contributed by atoms with Crippen molar-refractivity contribution in [2.24, 2.45) is 17.8 Å². The zero-order valence-corrected chi connectivity index (χ0v) is 28.9. The molecule has 0 unspecified atom stereocenters. The minimum Gasteiger partial charge on any atom is -0.487 e. The van der Waals surface area contributed by atoms with Gasteiger partial charge in [0.1, 0.15) is 12.4 Å². The number of anilines is 1. The molecule has 1 amide bonds. The summed E-state index contributed by atoms with van der Waals surface area (Å²) in [5.41, 5.74) is 2.53. The van der Waals surface area contributed by atoms with Gasteiger partial charge < -0.3 is 19.6 Å². The Labute approximate surface area is 279 Å². The van der Waals surface area contributed by atoms with Crippen LogP contribution in [-0.2, 0) is 23.1 Å². The van der Waals surface area contributed by atoms with Crippen LogP contribution in [0, 0.1) is 17.8 Å². The van der Waals surface area contributed by atoms with Crippen molar-refractivity contribution < 1.29 is 23.1 Å². The van der Waals surface area contributed by atoms with E-state index in [9.17, 15) is 18.3 Å². The molecule has 1 saturated heterocycles. The third-order valence-electron chi connectivity index (χ3n) is 11.3. The third-order valence-corrected chi connectivity index (χ3v) is 13.4. The molecule has 2 aromatic rings. The molecular weight excluding hydrogens is 622 g/mol. The summed E-state index contributed by atoms with van der Waals surface area (Å²) >= 11 is 6.36. The molecule has 10 heteroatoms. The van der Waals surface area contributed by atoms with Crippen molar-refractivity contribution in [1.82, 2.24) is 9.62 Å². The highest BCUT2D eigenvalue weighted by atomic mass is 35.5. The summed E-state index contributed by atoms with van der Waals surface area (Å²) in [6.45, 7) is 8.22. The number of nitrogens with zero attached hydrogens (tertiary/aromatic N) is 2. The van der Waals surface area contributed by atoms with Crippen LogP contribution < -0.4 is 14.4 Å². The van der Waals surface area contributed by atoms with E-state index in [0.717, 1.165) is 76.0 Å². The fourth-order valence-electron chi connectivity index (χ4n) is 8.12. The number of benzene rings is 2. The predicted octanol–water partition coefficient (Wildman–Crippen LogP) is 6.18. The molecule has 2 N–H and O–H groups in total. The number of halogens is 1. The fraction of sp³-hybridized carbons (Fsp3) is 0.639. The summed E-state index contributed by atoms with van der Waals surface area (Å²) < 4.78 is 35.7. The number of aliphatic hydroxyl groups is 1. The topological polar surface area (TPSA) is 99.2 Å². The average molecular weight is 672 g/mol. The summed E-state index contributed by atoms with van der Waals surface area (Å²) in [6, 6.07) is 11.2. The summed E-state index contributed by atoms with van der Waals surface area (Å²) in [4.78, 5) is 18.2. The van der Waals surface area contributed by atoms with Gasteiger partial charge in [-0.2, -0.15) is 0 Å². The Morgan fingerprint density at radius 2 is 1.76 bits per heavy atom. The van der Waals surface area contributed by atoms with Gasteiger partial charge in [-0.05, 0) is 137 Å². The predicted molar refractivity (Wildman–Crippen MR) is 183 cm³/mol. The van der Waals surface area contributed by atoms with Crippen LogP contribution in [0.25, 0.3) is 0 Å².